The molecule has 0 bridgehead atoms. The highest BCUT2D eigenvalue weighted by Crippen LogP contribution is 2.34. The topological polar surface area (TPSA) is 0 Å². The number of hydrogen-bond acceptors (Lipinski definition) is 0. The molecule has 2 aliphatic rings. The molecule has 1 saturated carbocycles. The van der Waals surface area contributed by atoms with Gasteiger partial charge in [-0.2, -0.15) is 0 Å². The maximum Gasteiger partial charge on any atom is -0.0162 e. The zero-order valence-corrected chi connectivity index (χ0v) is 5.51. The van der Waals surface area contributed by atoms with Crippen molar-refractivity contribution >= 4 is 0 Å². The van der Waals surface area contributed by atoms with Gasteiger partial charge in [0.05, 0.1) is 0 Å². The van der Waals surface area contributed by atoms with Crippen molar-refractivity contribution in [1.82, 2.24) is 0 Å². The van der Waals surface area contributed by atoms with Crippen molar-refractivity contribution < 1.29 is 0 Å². The van der Waals surface area contributed by atoms with E-state index in [1.807, 2.05) is 0 Å². The van der Waals surface area contributed by atoms with Crippen molar-refractivity contribution in [3.05, 3.63) is 30.2 Å². The third-order valence-corrected chi connectivity index (χ3v) is 2.22. The molecule has 0 nitrogen and oxygen atoms in total. The van der Waals surface area contributed by atoms with Crippen molar-refractivity contribution in [2.45, 2.75) is 19.3 Å². The highest BCUT2D eigenvalue weighted by molar-refractivity contribution is 5.26. The molecule has 1 atom stereocenters. The van der Waals surface area contributed by atoms with Crippen LogP contribution in [0.15, 0.2) is 23.8 Å². The van der Waals surface area contributed by atoms with Crippen LogP contribution in [0.1, 0.15) is 19.3 Å². The van der Waals surface area contributed by atoms with Crippen LogP contribution >= 0.6 is 0 Å². The predicted molar refractivity (Wildman–Crippen MR) is 38.9 cm³/mol. The summed E-state index contributed by atoms with van der Waals surface area (Å²) in [5.41, 5.74) is 1.65. The highest BCUT2D eigenvalue weighted by Gasteiger charge is 2.20. The van der Waals surface area contributed by atoms with Gasteiger partial charge in [0.15, 0.2) is 0 Å². The fraction of sp³-hybridized carbons (Fsp3) is 0.444. The molecule has 2 rings (SSSR count). The van der Waals surface area contributed by atoms with Crippen LogP contribution in [0.25, 0.3) is 0 Å². The molecule has 47 valence electrons. The quantitative estimate of drug-likeness (QED) is 0.459. The Morgan fingerprint density at radius 2 is 2.33 bits per heavy atom. The summed E-state index contributed by atoms with van der Waals surface area (Å²) in [4.78, 5) is 0. The molecule has 0 heterocycles. The Hall–Kier alpha value is -0.520. The van der Waals surface area contributed by atoms with Crippen molar-refractivity contribution in [3.63, 3.8) is 0 Å². The lowest BCUT2D eigenvalue weighted by Gasteiger charge is -2.10. The molecule has 0 aromatic heterocycles. The molecule has 1 unspecified atom stereocenters. The van der Waals surface area contributed by atoms with Gasteiger partial charge in [0, 0.05) is 0 Å². The Labute approximate surface area is 56.3 Å². The molecule has 0 spiro atoms. The molecule has 0 N–H and O–H groups in total. The van der Waals surface area contributed by atoms with E-state index in [1.165, 1.54) is 19.3 Å². The van der Waals surface area contributed by atoms with Crippen LogP contribution in [-0.2, 0) is 0 Å². The molecule has 2 aliphatic carbocycles. The molecular weight excluding hydrogens is 108 g/mol. The molecule has 9 heavy (non-hydrogen) atoms. The molecule has 0 heteroatoms. The second kappa shape index (κ2) is 2.02. The minimum absolute atomic E-state index is 0.884. The van der Waals surface area contributed by atoms with E-state index in [0.717, 1.165) is 5.92 Å². The van der Waals surface area contributed by atoms with Gasteiger partial charge >= 0.3 is 0 Å². The third-order valence-electron chi connectivity index (χ3n) is 2.22. The molecule has 1 fully saturated rings. The smallest absolute Gasteiger partial charge is 0.0162 e. The first-order chi connectivity index (χ1) is 4.47. The second-order valence-corrected chi connectivity index (χ2v) is 2.83. The summed E-state index contributed by atoms with van der Waals surface area (Å²) in [5.74, 6) is 0.884. The maximum absolute atomic E-state index is 2.39. The molecular formula is C9H11. The zero-order chi connectivity index (χ0) is 6.10. The molecule has 1 radical (unpaired) electrons. The summed E-state index contributed by atoms with van der Waals surface area (Å²) < 4.78 is 0. The van der Waals surface area contributed by atoms with Crippen LogP contribution in [-0.4, -0.2) is 0 Å². The zero-order valence-electron chi connectivity index (χ0n) is 5.51. The Morgan fingerprint density at radius 3 is 3.22 bits per heavy atom. The van der Waals surface area contributed by atoms with Gasteiger partial charge in [-0.3, -0.25) is 0 Å². The van der Waals surface area contributed by atoms with Crippen molar-refractivity contribution in [3.8, 4) is 0 Å². The predicted octanol–water partition coefficient (Wildman–Crippen LogP) is 2.49. The van der Waals surface area contributed by atoms with Crippen LogP contribution in [0.3, 0.4) is 0 Å². The number of allylic oxidation sites excluding steroid dienone is 4. The van der Waals surface area contributed by atoms with E-state index in [2.05, 4.69) is 24.6 Å². The number of rotatable bonds is 0. The first-order valence-corrected chi connectivity index (χ1v) is 3.64. The first-order valence-electron chi connectivity index (χ1n) is 3.64. The summed E-state index contributed by atoms with van der Waals surface area (Å²) in [6, 6.07) is 0. The largest absolute Gasteiger partial charge is 0.0839 e. The lowest BCUT2D eigenvalue weighted by atomic mass is 9.95. The monoisotopic (exact) mass is 119 g/mol. The molecule has 0 aromatic carbocycles. The number of hydrogen-bond donors (Lipinski definition) is 0. The fourth-order valence-electron chi connectivity index (χ4n) is 1.66. The van der Waals surface area contributed by atoms with Gasteiger partial charge in [-0.05, 0) is 31.6 Å². The summed E-state index contributed by atoms with van der Waals surface area (Å²) in [7, 11) is 0. The van der Waals surface area contributed by atoms with Crippen LogP contribution in [0.4, 0.5) is 0 Å². The van der Waals surface area contributed by atoms with E-state index in [0.29, 0.717) is 0 Å². The Balaban J connectivity index is 2.23. The van der Waals surface area contributed by atoms with E-state index in [9.17, 15) is 0 Å². The van der Waals surface area contributed by atoms with Crippen LogP contribution in [0, 0.1) is 12.3 Å². The van der Waals surface area contributed by atoms with E-state index in [-0.39, 0.29) is 0 Å². The summed E-state index contributed by atoms with van der Waals surface area (Å²) >= 11 is 0. The lowest BCUT2D eigenvalue weighted by Crippen LogP contribution is -1.96. The molecule has 0 aliphatic heterocycles. The average Bonchev–Trinajstić information content (AvgIpc) is 2.33. The van der Waals surface area contributed by atoms with Crippen molar-refractivity contribution in [2.75, 3.05) is 0 Å². The minimum atomic E-state index is 0.884. The second-order valence-electron chi connectivity index (χ2n) is 2.83. The standard InChI is InChI=1S/C9H11/c1-2-5-9-7-3-6-8(9)4-1/h1-4,9H,5-7H2. The fourth-order valence-corrected chi connectivity index (χ4v) is 1.66. The average molecular weight is 119 g/mol. The van der Waals surface area contributed by atoms with Gasteiger partial charge in [-0.15, -0.1) is 0 Å². The Kier molecular flexibility index (Phi) is 1.18. The number of fused-ring (bicyclic) bond motifs is 1. The minimum Gasteiger partial charge on any atom is -0.0839 e. The van der Waals surface area contributed by atoms with Gasteiger partial charge in [0.1, 0.15) is 0 Å². The third kappa shape index (κ3) is 0.827. The Morgan fingerprint density at radius 1 is 1.33 bits per heavy atom. The van der Waals surface area contributed by atoms with Gasteiger partial charge in [0.25, 0.3) is 0 Å². The van der Waals surface area contributed by atoms with Crippen LogP contribution in [0.2, 0.25) is 0 Å². The van der Waals surface area contributed by atoms with E-state index < -0.39 is 0 Å². The van der Waals surface area contributed by atoms with Crippen LogP contribution < -0.4 is 0 Å². The SMILES string of the molecule is [CH]1CC2=CC=CCC2C1. The maximum atomic E-state index is 2.39. The van der Waals surface area contributed by atoms with Gasteiger partial charge in [-0.1, -0.05) is 23.8 Å². The lowest BCUT2D eigenvalue weighted by molar-refractivity contribution is 0.660. The molecule has 0 saturated heterocycles. The normalized spacial score (nSPS) is 32.0. The van der Waals surface area contributed by atoms with Crippen LogP contribution in [0.5, 0.6) is 0 Å². The summed E-state index contributed by atoms with van der Waals surface area (Å²) in [5, 5.41) is 0. The van der Waals surface area contributed by atoms with Crippen molar-refractivity contribution in [2.24, 2.45) is 5.92 Å². The van der Waals surface area contributed by atoms with Gasteiger partial charge < -0.3 is 0 Å². The van der Waals surface area contributed by atoms with Gasteiger partial charge in [-0.25, -0.2) is 0 Å². The van der Waals surface area contributed by atoms with E-state index >= 15 is 0 Å². The summed E-state index contributed by atoms with van der Waals surface area (Å²) in [6.07, 6.45) is 13.0. The molecule has 0 aromatic rings. The van der Waals surface area contributed by atoms with Crippen molar-refractivity contribution in [1.29, 1.82) is 0 Å². The summed E-state index contributed by atoms with van der Waals surface area (Å²) in [6.45, 7) is 0. The van der Waals surface area contributed by atoms with Gasteiger partial charge in [0.2, 0.25) is 0 Å². The van der Waals surface area contributed by atoms with E-state index in [4.69, 9.17) is 0 Å². The first kappa shape index (κ1) is 5.28. The highest BCUT2D eigenvalue weighted by atomic mass is 14.2. The van der Waals surface area contributed by atoms with E-state index in [1.54, 1.807) is 5.57 Å². The Bertz CT molecular complexity index is 163. The molecule has 0 amide bonds.